The molecule has 1 aromatic carbocycles. The van der Waals surface area contributed by atoms with Crippen LogP contribution in [0.25, 0.3) is 0 Å². The van der Waals surface area contributed by atoms with Crippen LogP contribution in [0, 0.1) is 0 Å². The lowest BCUT2D eigenvalue weighted by Gasteiger charge is -2.10. The fraction of sp³-hybridized carbons (Fsp3) is 0.0833. The molecule has 0 spiro atoms. The summed E-state index contributed by atoms with van der Waals surface area (Å²) in [5.74, 6) is 0.594. The third-order valence-electron chi connectivity index (χ3n) is 2.48. The van der Waals surface area contributed by atoms with E-state index in [4.69, 9.17) is 11.6 Å². The molecule has 0 amide bonds. The fourth-order valence-electron chi connectivity index (χ4n) is 1.46. The summed E-state index contributed by atoms with van der Waals surface area (Å²) in [6.07, 6.45) is 1.29. The number of nitrogens with one attached hydrogen (secondary N) is 2. The standard InChI is InChI=1S/C12H11BrClN3O2S/c1-15-12-5-3-9(7-16-12)20(18,19)17-11-4-2-8(14)6-10(11)13/h2-7,17H,1H3,(H,15,16). The van der Waals surface area contributed by atoms with Crippen LogP contribution in [0.4, 0.5) is 11.5 Å². The van der Waals surface area contributed by atoms with Crippen molar-refractivity contribution in [3.8, 4) is 0 Å². The van der Waals surface area contributed by atoms with Crippen molar-refractivity contribution >= 4 is 49.1 Å². The Labute approximate surface area is 130 Å². The van der Waals surface area contributed by atoms with Crippen molar-refractivity contribution in [1.29, 1.82) is 0 Å². The lowest BCUT2D eigenvalue weighted by atomic mass is 10.3. The largest absolute Gasteiger partial charge is 0.373 e. The summed E-state index contributed by atoms with van der Waals surface area (Å²) in [6.45, 7) is 0. The van der Waals surface area contributed by atoms with Gasteiger partial charge in [-0.15, -0.1) is 0 Å². The highest BCUT2D eigenvalue weighted by atomic mass is 79.9. The summed E-state index contributed by atoms with van der Waals surface area (Å²) in [5, 5.41) is 3.34. The highest BCUT2D eigenvalue weighted by Crippen LogP contribution is 2.27. The Kier molecular flexibility index (Phi) is 4.52. The molecule has 0 radical (unpaired) electrons. The van der Waals surface area contributed by atoms with Crippen LogP contribution in [0.5, 0.6) is 0 Å². The second-order valence-electron chi connectivity index (χ2n) is 3.86. The summed E-state index contributed by atoms with van der Waals surface area (Å²) < 4.78 is 27.5. The molecule has 2 aromatic rings. The van der Waals surface area contributed by atoms with E-state index in [-0.39, 0.29) is 4.90 Å². The van der Waals surface area contributed by atoms with Crippen molar-refractivity contribution in [2.75, 3.05) is 17.1 Å². The summed E-state index contributed by atoms with van der Waals surface area (Å²) in [6, 6.07) is 7.87. The molecule has 0 saturated heterocycles. The first-order valence-corrected chi connectivity index (χ1v) is 8.19. The minimum Gasteiger partial charge on any atom is -0.373 e. The molecule has 1 heterocycles. The Hall–Kier alpha value is -1.31. The fourth-order valence-corrected chi connectivity index (χ4v) is 3.40. The summed E-state index contributed by atoms with van der Waals surface area (Å²) in [7, 11) is -1.98. The molecule has 2 rings (SSSR count). The molecule has 1 aromatic heterocycles. The van der Waals surface area contributed by atoms with Crippen LogP contribution in [-0.4, -0.2) is 20.4 Å². The first-order valence-electron chi connectivity index (χ1n) is 5.54. The molecule has 0 atom stereocenters. The molecule has 0 aliphatic rings. The molecular formula is C12H11BrClN3O2S. The molecule has 0 aliphatic carbocycles. The van der Waals surface area contributed by atoms with Crippen molar-refractivity contribution in [2.24, 2.45) is 0 Å². The van der Waals surface area contributed by atoms with E-state index in [2.05, 4.69) is 31.0 Å². The Balaban J connectivity index is 2.30. The minimum absolute atomic E-state index is 0.0818. The summed E-state index contributed by atoms with van der Waals surface area (Å²) in [4.78, 5) is 4.06. The average Bonchev–Trinajstić information content (AvgIpc) is 2.42. The highest BCUT2D eigenvalue weighted by Gasteiger charge is 2.16. The highest BCUT2D eigenvalue weighted by molar-refractivity contribution is 9.10. The zero-order valence-electron chi connectivity index (χ0n) is 10.4. The SMILES string of the molecule is CNc1ccc(S(=O)(=O)Nc2ccc(Cl)cc2Br)cn1. The second-order valence-corrected chi connectivity index (χ2v) is 6.83. The van der Waals surface area contributed by atoms with E-state index in [0.29, 0.717) is 21.0 Å². The molecule has 0 aliphatic heterocycles. The monoisotopic (exact) mass is 375 g/mol. The molecule has 0 fully saturated rings. The van der Waals surface area contributed by atoms with E-state index >= 15 is 0 Å². The van der Waals surface area contributed by atoms with Crippen molar-refractivity contribution in [1.82, 2.24) is 4.98 Å². The minimum atomic E-state index is -3.69. The predicted octanol–water partition coefficient (Wildman–Crippen LogP) is 3.34. The number of aromatic nitrogens is 1. The number of sulfonamides is 1. The maximum Gasteiger partial charge on any atom is 0.263 e. The normalized spacial score (nSPS) is 11.2. The Bertz CT molecular complexity index is 720. The van der Waals surface area contributed by atoms with Gasteiger partial charge in [-0.3, -0.25) is 4.72 Å². The quantitative estimate of drug-likeness (QED) is 0.858. The number of hydrogen-bond acceptors (Lipinski definition) is 4. The van der Waals surface area contributed by atoms with Crippen molar-refractivity contribution in [3.63, 3.8) is 0 Å². The number of halogens is 2. The van der Waals surface area contributed by atoms with E-state index in [1.807, 2.05) is 0 Å². The molecule has 0 unspecified atom stereocenters. The number of hydrogen-bond donors (Lipinski definition) is 2. The molecule has 0 bridgehead atoms. The number of nitrogens with zero attached hydrogens (tertiary/aromatic N) is 1. The van der Waals surface area contributed by atoms with Crippen LogP contribution >= 0.6 is 27.5 Å². The number of benzene rings is 1. The van der Waals surface area contributed by atoms with Gasteiger partial charge in [-0.05, 0) is 46.3 Å². The first kappa shape index (κ1) is 15.1. The van der Waals surface area contributed by atoms with E-state index in [0.717, 1.165) is 0 Å². The zero-order chi connectivity index (χ0) is 14.8. The lowest BCUT2D eigenvalue weighted by Crippen LogP contribution is -2.13. The van der Waals surface area contributed by atoms with Crippen LogP contribution in [0.1, 0.15) is 0 Å². The van der Waals surface area contributed by atoms with Crippen molar-refractivity contribution < 1.29 is 8.42 Å². The van der Waals surface area contributed by atoms with Crippen molar-refractivity contribution in [3.05, 3.63) is 46.0 Å². The Morgan fingerprint density at radius 3 is 2.55 bits per heavy atom. The molecule has 0 saturated carbocycles. The van der Waals surface area contributed by atoms with Gasteiger partial charge >= 0.3 is 0 Å². The smallest absolute Gasteiger partial charge is 0.263 e. The number of rotatable bonds is 4. The topological polar surface area (TPSA) is 71.1 Å². The van der Waals surface area contributed by atoms with Gasteiger partial charge in [-0.1, -0.05) is 11.6 Å². The number of anilines is 2. The maximum absolute atomic E-state index is 12.2. The zero-order valence-corrected chi connectivity index (χ0v) is 13.6. The van der Waals surface area contributed by atoms with Gasteiger partial charge in [0.1, 0.15) is 10.7 Å². The van der Waals surface area contributed by atoms with Gasteiger partial charge in [0.25, 0.3) is 10.0 Å². The van der Waals surface area contributed by atoms with Gasteiger partial charge in [0.05, 0.1) is 5.69 Å². The summed E-state index contributed by atoms with van der Waals surface area (Å²) >= 11 is 9.07. The van der Waals surface area contributed by atoms with Gasteiger partial charge in [-0.2, -0.15) is 0 Å². The average molecular weight is 377 g/mol. The predicted molar refractivity (Wildman–Crippen MR) is 83.7 cm³/mol. The van der Waals surface area contributed by atoms with E-state index < -0.39 is 10.0 Å². The van der Waals surface area contributed by atoms with Crippen molar-refractivity contribution in [2.45, 2.75) is 4.90 Å². The van der Waals surface area contributed by atoms with Crippen LogP contribution in [-0.2, 0) is 10.0 Å². The first-order chi connectivity index (χ1) is 9.42. The van der Waals surface area contributed by atoms with Gasteiger partial charge < -0.3 is 5.32 Å². The van der Waals surface area contributed by atoms with Crippen LogP contribution in [0.15, 0.2) is 45.9 Å². The third kappa shape index (κ3) is 3.41. The van der Waals surface area contributed by atoms with Gasteiger partial charge in [0.2, 0.25) is 0 Å². The molecular weight excluding hydrogens is 366 g/mol. The van der Waals surface area contributed by atoms with Crippen LogP contribution < -0.4 is 10.0 Å². The maximum atomic E-state index is 12.2. The molecule has 106 valence electrons. The molecule has 2 N–H and O–H groups in total. The van der Waals surface area contributed by atoms with Gasteiger partial charge in [0, 0.05) is 22.7 Å². The number of pyridine rings is 1. The van der Waals surface area contributed by atoms with Gasteiger partial charge in [-0.25, -0.2) is 13.4 Å². The Morgan fingerprint density at radius 1 is 1.25 bits per heavy atom. The van der Waals surface area contributed by atoms with Gasteiger partial charge in [0.15, 0.2) is 0 Å². The van der Waals surface area contributed by atoms with Crippen LogP contribution in [0.3, 0.4) is 0 Å². The van der Waals surface area contributed by atoms with Crippen LogP contribution in [0.2, 0.25) is 5.02 Å². The molecule has 20 heavy (non-hydrogen) atoms. The van der Waals surface area contributed by atoms with E-state index in [9.17, 15) is 8.42 Å². The third-order valence-corrected chi connectivity index (χ3v) is 4.72. The second kappa shape index (κ2) is 5.99. The summed E-state index contributed by atoms with van der Waals surface area (Å²) in [5.41, 5.74) is 0.409. The lowest BCUT2D eigenvalue weighted by molar-refractivity contribution is 0.601. The van der Waals surface area contributed by atoms with E-state index in [1.54, 1.807) is 31.3 Å². The molecule has 5 nitrogen and oxygen atoms in total. The van der Waals surface area contributed by atoms with E-state index in [1.165, 1.54) is 12.3 Å². The Morgan fingerprint density at radius 2 is 2.00 bits per heavy atom. The molecule has 8 heteroatoms.